The van der Waals surface area contributed by atoms with Crippen molar-refractivity contribution in [3.05, 3.63) is 0 Å². The fourth-order valence-corrected chi connectivity index (χ4v) is 0. The van der Waals surface area contributed by atoms with Crippen LogP contribution in [0.2, 0.25) is 0 Å². The van der Waals surface area contributed by atoms with Crippen LogP contribution in [0.25, 0.3) is 0 Å². The van der Waals surface area contributed by atoms with Gasteiger partial charge in [-0.05, 0) is 0 Å². The summed E-state index contributed by atoms with van der Waals surface area (Å²) >= 11 is 20.2. The predicted octanol–water partition coefficient (Wildman–Crippen LogP) is 5.30. The van der Waals surface area contributed by atoms with Gasteiger partial charge in [0, 0.05) is 0 Å². The maximum atomic E-state index is 3.36. The zero-order chi connectivity index (χ0) is 6.41. The van der Waals surface area contributed by atoms with Gasteiger partial charge in [0.1, 0.15) is 0 Å². The van der Waals surface area contributed by atoms with Gasteiger partial charge in [-0.1, -0.05) is 0 Å². The van der Waals surface area contributed by atoms with Gasteiger partial charge in [-0.2, -0.15) is 0 Å². The van der Waals surface area contributed by atoms with Gasteiger partial charge < -0.3 is 0 Å². The Bertz CT molecular complexity index is 69.6. The van der Waals surface area contributed by atoms with Crippen molar-refractivity contribution in [2.45, 2.75) is 0 Å². The smallest absolute Gasteiger partial charge is 1.00 e. The van der Waals surface area contributed by atoms with Crippen molar-refractivity contribution in [2.75, 3.05) is 0 Å². The van der Waals surface area contributed by atoms with Gasteiger partial charge in [0.2, 0.25) is 0 Å². The van der Waals surface area contributed by atoms with Crippen molar-refractivity contribution in [3.8, 4) is 0 Å². The minimum Gasteiger partial charge on any atom is 1.00 e. The Morgan fingerprint density at radius 1 is 0.714 bits per heavy atom. The third-order valence-corrected chi connectivity index (χ3v) is 0. The largest absolute Gasteiger partial charge is 1.00 e. The molecule has 0 unspecified atom stereocenters. The van der Waals surface area contributed by atoms with Gasteiger partial charge in [0.25, 0.3) is 0 Å². The molecule has 0 spiro atoms. The summed E-state index contributed by atoms with van der Waals surface area (Å²) in [4.78, 5) is 0. The third kappa shape index (κ3) is 43.5. The second-order valence-electron chi connectivity index (χ2n) is 0.758. The molecule has 7 heteroatoms. The summed E-state index contributed by atoms with van der Waals surface area (Å²) < 4.78 is -3.34. The molecule has 0 fully saturated rings. The summed E-state index contributed by atoms with van der Waals surface area (Å²) in [6.45, 7) is 0. The van der Waals surface area contributed by atoms with Crippen LogP contribution in [0, 0.1) is 0 Å². The van der Waals surface area contributed by atoms with E-state index in [-0.39, 0.29) is 2.85 Å². The van der Waals surface area contributed by atoms with Crippen molar-refractivity contribution >= 4 is 81.4 Å². The Morgan fingerprint density at radius 3 is 0.714 bits per heavy atom. The zero-order valence-corrected chi connectivity index (χ0v) is 14.7. The van der Waals surface area contributed by atoms with Crippen molar-refractivity contribution in [2.24, 2.45) is 0 Å². The zero-order valence-electron chi connectivity index (χ0n) is 4.62. The summed E-state index contributed by atoms with van der Waals surface area (Å²) in [5.74, 6) is 0. The summed E-state index contributed by atoms with van der Waals surface area (Å²) in [6, 6.07) is 0. The van der Waals surface area contributed by atoms with Gasteiger partial charge in [-0.3, -0.25) is 0 Å². The minimum absolute atomic E-state index is 0. The van der Waals surface area contributed by atoms with Crippen LogP contribution in [0.5, 0.6) is 0 Å². The molecular formula is H2Br6Os. The standard InChI is InChI=1S/6BrH.Os/h6*1H;/q;;;;;;+4/p-4. The van der Waals surface area contributed by atoms with Gasteiger partial charge in [0.15, 0.2) is 0 Å². The van der Waals surface area contributed by atoms with Gasteiger partial charge in [-0.15, -0.1) is 0 Å². The van der Waals surface area contributed by atoms with Gasteiger partial charge in [-0.25, -0.2) is 0 Å². The van der Waals surface area contributed by atoms with E-state index in [1.165, 1.54) is 0 Å². The molecule has 0 aliphatic carbocycles. The van der Waals surface area contributed by atoms with E-state index in [0.29, 0.717) is 0 Å². The molecule has 0 aromatic rings. The monoisotopic (exact) mass is 667 g/mol. The van der Waals surface area contributed by atoms with E-state index < -0.39 is 0.772 Å². The number of rotatable bonds is 0. The quantitative estimate of drug-likeness (QED) is 0.329. The fourth-order valence-electron chi connectivity index (χ4n) is 0. The molecule has 0 saturated carbocycles. The molecule has 0 aliphatic heterocycles. The number of hydrogen-bond donors (Lipinski definition) is 0. The molecule has 0 saturated heterocycles. The first-order valence-corrected chi connectivity index (χ1v) is 34.1. The maximum Gasteiger partial charge on any atom is 1.00 e. The van der Waals surface area contributed by atoms with Crippen molar-refractivity contribution in [1.29, 1.82) is 0 Å². The topological polar surface area (TPSA) is 0 Å². The van der Waals surface area contributed by atoms with Gasteiger partial charge in [0.05, 0.1) is 0 Å². The Balaban J connectivity index is -0.000000180. The van der Waals surface area contributed by atoms with Gasteiger partial charge >= 0.3 is 85.0 Å². The average Bonchev–Trinajstić information content (AvgIpc) is 0.592. The fraction of sp³-hybridized carbons (Fsp3) is 0. The van der Waals surface area contributed by atoms with E-state index in [1.54, 1.807) is 0 Å². The second kappa shape index (κ2) is 2.01. The molecule has 0 N–H and O–H groups in total. The molecule has 0 atom stereocenters. The van der Waals surface area contributed by atoms with E-state index in [0.717, 1.165) is 0 Å². The Hall–Kier alpha value is 3.52. The first-order chi connectivity index (χ1) is 2.45. The van der Waals surface area contributed by atoms with E-state index in [9.17, 15) is 0 Å². The Kier molecular flexibility index (Phi) is 3.02. The first-order valence-electron chi connectivity index (χ1n) is 0.802. The molecule has 0 aliphatic rings. The second-order valence-corrected chi connectivity index (χ2v) is 167. The molecule has 0 aromatic carbocycles. The van der Waals surface area contributed by atoms with E-state index in [1.807, 2.05) is 0 Å². The number of halogens is 6. The summed E-state index contributed by atoms with van der Waals surface area (Å²) in [6.07, 6.45) is 0. The van der Waals surface area contributed by atoms with Crippen LogP contribution in [0.4, 0.5) is 0 Å². The van der Waals surface area contributed by atoms with E-state index >= 15 is 0 Å². The van der Waals surface area contributed by atoms with Crippen molar-refractivity contribution < 1.29 is 3.63 Å². The van der Waals surface area contributed by atoms with Crippen LogP contribution >= 0.6 is 81.4 Å². The molecule has 0 bridgehead atoms. The van der Waals surface area contributed by atoms with Crippen LogP contribution in [-0.2, 0) is 0.772 Å². The summed E-state index contributed by atoms with van der Waals surface area (Å²) in [7, 11) is 0. The molecule has 0 amide bonds. The molecule has 0 heterocycles. The van der Waals surface area contributed by atoms with Crippen LogP contribution in [0.1, 0.15) is 2.85 Å². The first kappa shape index (κ1) is 10.5. The Labute approximate surface area is 83.0 Å². The third-order valence-electron chi connectivity index (χ3n) is 0. The predicted molar refractivity (Wildman–Crippen MR) is 55.8 cm³/mol. The summed E-state index contributed by atoms with van der Waals surface area (Å²) in [5.41, 5.74) is 0. The van der Waals surface area contributed by atoms with Crippen LogP contribution in [-0.4, -0.2) is 0 Å². The molecule has 0 aromatic heterocycles. The molecule has 0 nitrogen and oxygen atoms in total. The minimum atomic E-state index is -3.34. The Morgan fingerprint density at radius 2 is 0.714 bits per heavy atom. The molecule has 0 radical (unpaired) electrons. The normalized spacial score (nSPS) is 23.1. The molecule has 52 valence electrons. The number of hydrogen-bond acceptors (Lipinski definition) is 0. The molecule has 7 heavy (non-hydrogen) atoms. The van der Waals surface area contributed by atoms with Crippen LogP contribution in [0.15, 0.2) is 0 Å². The van der Waals surface area contributed by atoms with Crippen molar-refractivity contribution in [3.63, 3.8) is 0 Å². The maximum absolute atomic E-state index is 3.36. The molecular weight excluding hydrogens is 670 g/mol. The van der Waals surface area contributed by atoms with Crippen molar-refractivity contribution in [1.82, 2.24) is 0 Å². The van der Waals surface area contributed by atoms with E-state index in [4.69, 9.17) is 0 Å². The van der Waals surface area contributed by atoms with Crippen LogP contribution < -0.4 is 0 Å². The summed E-state index contributed by atoms with van der Waals surface area (Å²) in [5, 5.41) is 0. The average molecular weight is 672 g/mol. The SMILES string of the molecule is [Br][Os-2]([Br])([Br])([Br])([Br])[Br].[H+].[H+]. The van der Waals surface area contributed by atoms with E-state index in [2.05, 4.69) is 81.4 Å². The molecule has 0 rings (SSSR count). The van der Waals surface area contributed by atoms with Crippen LogP contribution in [0.3, 0.4) is 0 Å².